The summed E-state index contributed by atoms with van der Waals surface area (Å²) in [7, 11) is 1.59. The molecule has 1 N–H and O–H groups in total. The topological polar surface area (TPSA) is 21.3 Å². The molecular weight excluding hydrogens is 289 g/mol. The van der Waals surface area contributed by atoms with Crippen molar-refractivity contribution < 1.29 is 9.13 Å². The summed E-state index contributed by atoms with van der Waals surface area (Å²) in [6.07, 6.45) is 0.988. The van der Waals surface area contributed by atoms with Gasteiger partial charge in [0.05, 0.1) is 13.2 Å². The fourth-order valence-corrected chi connectivity index (χ4v) is 2.41. The van der Waals surface area contributed by atoms with Gasteiger partial charge in [-0.1, -0.05) is 30.7 Å². The Morgan fingerprint density at radius 3 is 2.52 bits per heavy atom. The van der Waals surface area contributed by atoms with Crippen LogP contribution in [0, 0.1) is 5.82 Å². The van der Waals surface area contributed by atoms with Crippen molar-refractivity contribution in [1.29, 1.82) is 0 Å². The molecule has 0 fully saturated rings. The van der Waals surface area contributed by atoms with E-state index in [9.17, 15) is 4.39 Å². The maximum atomic E-state index is 13.6. The Kier molecular flexibility index (Phi) is 5.59. The first-order valence-electron chi connectivity index (χ1n) is 6.98. The van der Waals surface area contributed by atoms with E-state index in [2.05, 4.69) is 12.2 Å². The minimum Gasteiger partial charge on any atom is -0.496 e. The summed E-state index contributed by atoms with van der Waals surface area (Å²) >= 11 is 5.95. The highest BCUT2D eigenvalue weighted by Crippen LogP contribution is 2.31. The maximum Gasteiger partial charge on any atom is 0.124 e. The van der Waals surface area contributed by atoms with Gasteiger partial charge in [-0.05, 0) is 48.9 Å². The quantitative estimate of drug-likeness (QED) is 0.843. The van der Waals surface area contributed by atoms with Crippen molar-refractivity contribution in [1.82, 2.24) is 5.32 Å². The van der Waals surface area contributed by atoms with Gasteiger partial charge in [-0.25, -0.2) is 4.39 Å². The summed E-state index contributed by atoms with van der Waals surface area (Å²) in [4.78, 5) is 0. The number of hydrogen-bond donors (Lipinski definition) is 1. The lowest BCUT2D eigenvalue weighted by Crippen LogP contribution is -2.23. The third-order valence-corrected chi connectivity index (χ3v) is 3.56. The summed E-state index contributed by atoms with van der Waals surface area (Å²) in [5.41, 5.74) is 1.81. The van der Waals surface area contributed by atoms with Crippen molar-refractivity contribution in [2.45, 2.75) is 19.4 Å². The largest absolute Gasteiger partial charge is 0.496 e. The molecule has 0 aromatic heterocycles. The van der Waals surface area contributed by atoms with E-state index in [0.29, 0.717) is 10.8 Å². The molecule has 0 bridgehead atoms. The number of halogens is 2. The first-order chi connectivity index (χ1) is 10.2. The normalized spacial score (nSPS) is 12.2. The van der Waals surface area contributed by atoms with E-state index in [1.54, 1.807) is 13.2 Å². The van der Waals surface area contributed by atoms with E-state index in [0.717, 1.165) is 24.1 Å². The average Bonchev–Trinajstić information content (AvgIpc) is 2.49. The number of methoxy groups -OCH3 is 1. The second kappa shape index (κ2) is 7.43. The summed E-state index contributed by atoms with van der Waals surface area (Å²) in [5, 5.41) is 4.11. The molecule has 0 aliphatic heterocycles. The first kappa shape index (κ1) is 15.8. The maximum absolute atomic E-state index is 13.6. The zero-order valence-electron chi connectivity index (χ0n) is 12.2. The predicted molar refractivity (Wildman–Crippen MR) is 84.5 cm³/mol. The van der Waals surface area contributed by atoms with Crippen LogP contribution in [-0.2, 0) is 0 Å². The highest BCUT2D eigenvalue weighted by atomic mass is 35.5. The van der Waals surface area contributed by atoms with Crippen molar-refractivity contribution in [2.24, 2.45) is 0 Å². The van der Waals surface area contributed by atoms with Gasteiger partial charge in [-0.15, -0.1) is 0 Å². The monoisotopic (exact) mass is 307 g/mol. The molecule has 0 saturated carbocycles. The molecule has 1 unspecified atom stereocenters. The second-order valence-corrected chi connectivity index (χ2v) is 5.26. The Morgan fingerprint density at radius 2 is 1.90 bits per heavy atom. The Bertz CT molecular complexity index is 586. The molecular formula is C17H19ClFNO. The van der Waals surface area contributed by atoms with Crippen LogP contribution in [-0.4, -0.2) is 13.7 Å². The molecule has 0 aliphatic carbocycles. The lowest BCUT2D eigenvalue weighted by molar-refractivity contribution is 0.402. The van der Waals surface area contributed by atoms with Crippen molar-refractivity contribution in [2.75, 3.05) is 13.7 Å². The van der Waals surface area contributed by atoms with Crippen LogP contribution in [0.2, 0.25) is 5.02 Å². The van der Waals surface area contributed by atoms with E-state index >= 15 is 0 Å². The van der Waals surface area contributed by atoms with Gasteiger partial charge in [0, 0.05) is 10.6 Å². The summed E-state index contributed by atoms with van der Waals surface area (Å²) in [6.45, 7) is 2.92. The van der Waals surface area contributed by atoms with E-state index in [-0.39, 0.29) is 11.9 Å². The molecule has 2 aromatic rings. The number of rotatable bonds is 6. The fourth-order valence-electron chi connectivity index (χ4n) is 2.28. The van der Waals surface area contributed by atoms with Crippen LogP contribution in [0.25, 0.3) is 0 Å². The fraction of sp³-hybridized carbons (Fsp3) is 0.294. The van der Waals surface area contributed by atoms with Crippen LogP contribution in [0.1, 0.15) is 30.5 Å². The van der Waals surface area contributed by atoms with Gasteiger partial charge in [0.15, 0.2) is 0 Å². The van der Waals surface area contributed by atoms with Gasteiger partial charge in [-0.3, -0.25) is 0 Å². The molecule has 112 valence electrons. The standard InChI is InChI=1S/C17H19ClFNO/c1-3-10-20-17(12-4-6-13(18)7-5-12)15-11-14(19)8-9-16(15)21-2/h4-9,11,17,20H,3,10H2,1-2H3. The molecule has 2 nitrogen and oxygen atoms in total. The molecule has 0 radical (unpaired) electrons. The molecule has 0 amide bonds. The number of nitrogens with one attached hydrogen (secondary N) is 1. The van der Waals surface area contributed by atoms with Crippen LogP contribution < -0.4 is 10.1 Å². The Hall–Kier alpha value is -1.58. The summed E-state index contributed by atoms with van der Waals surface area (Å²) in [6, 6.07) is 12.0. The molecule has 2 aromatic carbocycles. The van der Waals surface area contributed by atoms with E-state index in [1.807, 2.05) is 24.3 Å². The number of ether oxygens (including phenoxy) is 1. The van der Waals surface area contributed by atoms with E-state index in [4.69, 9.17) is 16.3 Å². The van der Waals surface area contributed by atoms with Crippen molar-refractivity contribution in [3.05, 3.63) is 64.4 Å². The lowest BCUT2D eigenvalue weighted by Gasteiger charge is -2.22. The van der Waals surface area contributed by atoms with Crippen molar-refractivity contribution in [3.63, 3.8) is 0 Å². The molecule has 2 rings (SSSR count). The van der Waals surface area contributed by atoms with Gasteiger partial charge in [-0.2, -0.15) is 0 Å². The SMILES string of the molecule is CCCNC(c1ccc(Cl)cc1)c1cc(F)ccc1OC. The van der Waals surface area contributed by atoms with Gasteiger partial charge in [0.25, 0.3) is 0 Å². The zero-order valence-corrected chi connectivity index (χ0v) is 13.0. The zero-order chi connectivity index (χ0) is 15.2. The van der Waals surface area contributed by atoms with Gasteiger partial charge in [0.2, 0.25) is 0 Å². The van der Waals surface area contributed by atoms with Crippen molar-refractivity contribution >= 4 is 11.6 Å². The van der Waals surface area contributed by atoms with Crippen LogP contribution in [0.15, 0.2) is 42.5 Å². The Labute approximate surface area is 129 Å². The van der Waals surface area contributed by atoms with Crippen LogP contribution in [0.4, 0.5) is 4.39 Å². The molecule has 0 spiro atoms. The molecule has 1 atom stereocenters. The number of benzene rings is 2. The van der Waals surface area contributed by atoms with Gasteiger partial charge < -0.3 is 10.1 Å². The Balaban J connectivity index is 2.44. The van der Waals surface area contributed by atoms with E-state index < -0.39 is 0 Å². The molecule has 0 aliphatic rings. The summed E-state index contributed by atoms with van der Waals surface area (Å²) in [5.74, 6) is 0.392. The smallest absolute Gasteiger partial charge is 0.124 e. The third kappa shape index (κ3) is 3.96. The van der Waals surface area contributed by atoms with Crippen molar-refractivity contribution in [3.8, 4) is 5.75 Å². The summed E-state index contributed by atoms with van der Waals surface area (Å²) < 4.78 is 19.0. The lowest BCUT2D eigenvalue weighted by atomic mass is 9.97. The highest BCUT2D eigenvalue weighted by Gasteiger charge is 2.18. The Morgan fingerprint density at radius 1 is 1.19 bits per heavy atom. The third-order valence-electron chi connectivity index (χ3n) is 3.30. The van der Waals surface area contributed by atoms with E-state index in [1.165, 1.54) is 12.1 Å². The van der Waals surface area contributed by atoms with Gasteiger partial charge >= 0.3 is 0 Å². The molecule has 4 heteroatoms. The minimum absolute atomic E-state index is 0.132. The second-order valence-electron chi connectivity index (χ2n) is 4.82. The van der Waals surface area contributed by atoms with Crippen LogP contribution >= 0.6 is 11.6 Å². The predicted octanol–water partition coefficient (Wildman–Crippen LogP) is 4.58. The number of hydrogen-bond acceptors (Lipinski definition) is 2. The molecule has 21 heavy (non-hydrogen) atoms. The highest BCUT2D eigenvalue weighted by molar-refractivity contribution is 6.30. The van der Waals surface area contributed by atoms with Crippen LogP contribution in [0.5, 0.6) is 5.75 Å². The first-order valence-corrected chi connectivity index (χ1v) is 7.35. The average molecular weight is 308 g/mol. The molecule has 0 saturated heterocycles. The van der Waals surface area contributed by atoms with Gasteiger partial charge in [0.1, 0.15) is 11.6 Å². The minimum atomic E-state index is -0.275. The molecule has 0 heterocycles. The van der Waals surface area contributed by atoms with Crippen LogP contribution in [0.3, 0.4) is 0 Å².